The molecule has 82 valence electrons. The van der Waals surface area contributed by atoms with E-state index in [4.69, 9.17) is 9.47 Å². The Morgan fingerprint density at radius 2 is 2.00 bits per heavy atom. The van der Waals surface area contributed by atoms with Crippen molar-refractivity contribution in [1.82, 2.24) is 5.32 Å². The van der Waals surface area contributed by atoms with Gasteiger partial charge in [0.15, 0.2) is 0 Å². The van der Waals surface area contributed by atoms with Crippen molar-refractivity contribution >= 4 is 0 Å². The first-order valence-corrected chi connectivity index (χ1v) is 5.61. The van der Waals surface area contributed by atoms with Crippen molar-refractivity contribution in [3.05, 3.63) is 0 Å². The van der Waals surface area contributed by atoms with Gasteiger partial charge in [-0.1, -0.05) is 0 Å². The third-order valence-electron chi connectivity index (χ3n) is 3.42. The molecule has 0 aromatic rings. The minimum Gasteiger partial charge on any atom is -0.383 e. The molecular formula is C11H21NO2. The van der Waals surface area contributed by atoms with E-state index in [1.807, 2.05) is 0 Å². The molecule has 0 aromatic heterocycles. The molecule has 2 aliphatic carbocycles. The van der Waals surface area contributed by atoms with Gasteiger partial charge in [0.25, 0.3) is 0 Å². The van der Waals surface area contributed by atoms with E-state index < -0.39 is 0 Å². The molecule has 0 heterocycles. The van der Waals surface area contributed by atoms with Gasteiger partial charge in [-0.15, -0.1) is 0 Å². The lowest BCUT2D eigenvalue weighted by Crippen LogP contribution is -2.51. The molecule has 2 saturated carbocycles. The molecule has 0 aliphatic heterocycles. The topological polar surface area (TPSA) is 30.5 Å². The molecule has 0 amide bonds. The van der Waals surface area contributed by atoms with Crippen molar-refractivity contribution in [2.75, 3.05) is 20.8 Å². The molecule has 0 bridgehead atoms. The summed E-state index contributed by atoms with van der Waals surface area (Å²) < 4.78 is 10.5. The average Bonchev–Trinajstić information content (AvgIpc) is 2.91. The standard InChI is InChI=1S/C11H21NO2/c1-13-7-11(8-3-4-8)12-9-5-10(6-9)14-2/h8-12H,3-7H2,1-2H3. The van der Waals surface area contributed by atoms with Crippen LogP contribution in [0, 0.1) is 5.92 Å². The average molecular weight is 199 g/mol. The fourth-order valence-corrected chi connectivity index (χ4v) is 2.20. The van der Waals surface area contributed by atoms with E-state index in [0.29, 0.717) is 18.2 Å². The van der Waals surface area contributed by atoms with Crippen LogP contribution in [-0.4, -0.2) is 39.0 Å². The molecule has 2 fully saturated rings. The van der Waals surface area contributed by atoms with Crippen LogP contribution < -0.4 is 5.32 Å². The lowest BCUT2D eigenvalue weighted by molar-refractivity contribution is 0.00920. The van der Waals surface area contributed by atoms with E-state index >= 15 is 0 Å². The third-order valence-corrected chi connectivity index (χ3v) is 3.42. The summed E-state index contributed by atoms with van der Waals surface area (Å²) in [4.78, 5) is 0. The van der Waals surface area contributed by atoms with E-state index in [1.54, 1.807) is 14.2 Å². The van der Waals surface area contributed by atoms with Crippen LogP contribution in [0.15, 0.2) is 0 Å². The number of rotatable bonds is 6. The number of nitrogens with one attached hydrogen (secondary N) is 1. The normalized spacial score (nSPS) is 33.9. The number of methoxy groups -OCH3 is 2. The lowest BCUT2D eigenvalue weighted by atomic mass is 9.88. The zero-order valence-corrected chi connectivity index (χ0v) is 9.16. The van der Waals surface area contributed by atoms with Crippen molar-refractivity contribution in [2.45, 2.75) is 43.9 Å². The molecule has 0 spiro atoms. The van der Waals surface area contributed by atoms with Gasteiger partial charge in [-0.25, -0.2) is 0 Å². The molecule has 3 heteroatoms. The smallest absolute Gasteiger partial charge is 0.0618 e. The van der Waals surface area contributed by atoms with E-state index in [9.17, 15) is 0 Å². The predicted molar refractivity (Wildman–Crippen MR) is 55.3 cm³/mol. The first-order valence-electron chi connectivity index (χ1n) is 5.61. The number of hydrogen-bond donors (Lipinski definition) is 1. The molecule has 1 N–H and O–H groups in total. The second-order valence-electron chi connectivity index (χ2n) is 4.59. The van der Waals surface area contributed by atoms with E-state index in [1.165, 1.54) is 25.7 Å². The summed E-state index contributed by atoms with van der Waals surface area (Å²) in [5.41, 5.74) is 0. The molecule has 0 saturated heterocycles. The van der Waals surface area contributed by atoms with Gasteiger partial charge in [0.1, 0.15) is 0 Å². The highest BCUT2D eigenvalue weighted by Gasteiger charge is 2.36. The first kappa shape index (κ1) is 10.4. The fourth-order valence-electron chi connectivity index (χ4n) is 2.20. The fraction of sp³-hybridized carbons (Fsp3) is 1.00. The van der Waals surface area contributed by atoms with Gasteiger partial charge in [-0.2, -0.15) is 0 Å². The summed E-state index contributed by atoms with van der Waals surface area (Å²) in [6.07, 6.45) is 5.59. The second kappa shape index (κ2) is 4.60. The van der Waals surface area contributed by atoms with Gasteiger partial charge in [-0.05, 0) is 31.6 Å². The van der Waals surface area contributed by atoms with Crippen LogP contribution in [0.2, 0.25) is 0 Å². The molecule has 0 radical (unpaired) electrons. The molecular weight excluding hydrogens is 178 g/mol. The molecule has 1 atom stereocenters. The molecule has 1 unspecified atom stereocenters. The van der Waals surface area contributed by atoms with E-state index in [0.717, 1.165) is 12.5 Å². The van der Waals surface area contributed by atoms with Gasteiger partial charge in [0.2, 0.25) is 0 Å². The first-order chi connectivity index (χ1) is 6.83. The van der Waals surface area contributed by atoms with E-state index in [-0.39, 0.29) is 0 Å². The maximum absolute atomic E-state index is 5.26. The predicted octanol–water partition coefficient (Wildman–Crippen LogP) is 1.18. The Morgan fingerprint density at radius 1 is 1.29 bits per heavy atom. The Labute approximate surface area is 86.2 Å². The summed E-state index contributed by atoms with van der Waals surface area (Å²) in [7, 11) is 3.59. The Kier molecular flexibility index (Phi) is 3.42. The summed E-state index contributed by atoms with van der Waals surface area (Å²) >= 11 is 0. The summed E-state index contributed by atoms with van der Waals surface area (Å²) in [6.45, 7) is 0.860. The maximum Gasteiger partial charge on any atom is 0.0618 e. The summed E-state index contributed by atoms with van der Waals surface area (Å²) in [6, 6.07) is 1.25. The van der Waals surface area contributed by atoms with Crippen molar-refractivity contribution < 1.29 is 9.47 Å². The molecule has 2 aliphatic rings. The van der Waals surface area contributed by atoms with Gasteiger partial charge in [0, 0.05) is 26.3 Å². The number of hydrogen-bond acceptors (Lipinski definition) is 3. The van der Waals surface area contributed by atoms with Crippen LogP contribution in [0.1, 0.15) is 25.7 Å². The Hall–Kier alpha value is -0.120. The van der Waals surface area contributed by atoms with Gasteiger partial charge >= 0.3 is 0 Å². The van der Waals surface area contributed by atoms with Crippen molar-refractivity contribution in [2.24, 2.45) is 5.92 Å². The van der Waals surface area contributed by atoms with Crippen LogP contribution in [-0.2, 0) is 9.47 Å². The summed E-state index contributed by atoms with van der Waals surface area (Å²) in [5.74, 6) is 0.872. The largest absolute Gasteiger partial charge is 0.383 e. The zero-order chi connectivity index (χ0) is 9.97. The van der Waals surface area contributed by atoms with Crippen molar-refractivity contribution in [3.63, 3.8) is 0 Å². The van der Waals surface area contributed by atoms with Crippen molar-refractivity contribution in [3.8, 4) is 0 Å². The quantitative estimate of drug-likeness (QED) is 0.697. The second-order valence-corrected chi connectivity index (χ2v) is 4.59. The number of ether oxygens (including phenoxy) is 2. The van der Waals surface area contributed by atoms with Gasteiger partial charge in [0.05, 0.1) is 12.7 Å². The van der Waals surface area contributed by atoms with Gasteiger partial charge in [-0.3, -0.25) is 0 Å². The highest BCUT2D eigenvalue weighted by atomic mass is 16.5. The summed E-state index contributed by atoms with van der Waals surface area (Å²) in [5, 5.41) is 3.68. The molecule has 2 rings (SSSR count). The minimum atomic E-state index is 0.495. The van der Waals surface area contributed by atoms with Crippen molar-refractivity contribution in [1.29, 1.82) is 0 Å². The monoisotopic (exact) mass is 199 g/mol. The van der Waals surface area contributed by atoms with Crippen LogP contribution in [0.3, 0.4) is 0 Å². The Morgan fingerprint density at radius 3 is 2.50 bits per heavy atom. The van der Waals surface area contributed by atoms with Crippen LogP contribution >= 0.6 is 0 Å². The molecule has 14 heavy (non-hydrogen) atoms. The lowest BCUT2D eigenvalue weighted by Gasteiger charge is -2.37. The SMILES string of the molecule is COCC(NC1CC(OC)C1)C1CC1. The minimum absolute atomic E-state index is 0.495. The Balaban J connectivity index is 1.67. The highest BCUT2D eigenvalue weighted by Crippen LogP contribution is 2.34. The van der Waals surface area contributed by atoms with Gasteiger partial charge < -0.3 is 14.8 Å². The zero-order valence-electron chi connectivity index (χ0n) is 9.16. The highest BCUT2D eigenvalue weighted by molar-refractivity contribution is 4.93. The van der Waals surface area contributed by atoms with E-state index in [2.05, 4.69) is 5.32 Å². The molecule has 0 aromatic carbocycles. The van der Waals surface area contributed by atoms with Crippen LogP contribution in [0.5, 0.6) is 0 Å². The maximum atomic E-state index is 5.26. The van der Waals surface area contributed by atoms with Crippen LogP contribution in [0.4, 0.5) is 0 Å². The third kappa shape index (κ3) is 2.47. The Bertz CT molecular complexity index is 176. The van der Waals surface area contributed by atoms with Crippen LogP contribution in [0.25, 0.3) is 0 Å². The molecule has 3 nitrogen and oxygen atoms in total.